The maximum Gasteiger partial charge on any atom is 0.269 e. The number of hydrogen-bond acceptors (Lipinski definition) is 6. The molecule has 3 aromatic rings. The normalized spacial score (nSPS) is 19.2. The van der Waals surface area contributed by atoms with Gasteiger partial charge in [0.05, 0.1) is 23.5 Å². The summed E-state index contributed by atoms with van der Waals surface area (Å²) < 4.78 is 5.37. The molecular formula is C25H21N3O2S2. The first kappa shape index (κ1) is 20.7. The smallest absolute Gasteiger partial charge is 0.269 e. The van der Waals surface area contributed by atoms with E-state index in [0.29, 0.717) is 16.6 Å². The number of anilines is 1. The third-order valence-electron chi connectivity index (χ3n) is 5.39. The highest BCUT2D eigenvalue weighted by atomic mass is 32.2. The van der Waals surface area contributed by atoms with Gasteiger partial charge in [-0.2, -0.15) is 0 Å². The Kier molecular flexibility index (Phi) is 5.45. The molecule has 2 aliphatic heterocycles. The van der Waals surface area contributed by atoms with Crippen LogP contribution in [0.5, 0.6) is 5.75 Å². The minimum atomic E-state index is -0.0528. The molecule has 0 bridgehead atoms. The number of carbonyl (C=O) groups is 1. The van der Waals surface area contributed by atoms with Crippen LogP contribution in [0.25, 0.3) is 10.8 Å². The van der Waals surface area contributed by atoms with E-state index >= 15 is 0 Å². The number of methoxy groups -OCH3 is 1. The van der Waals surface area contributed by atoms with Crippen molar-refractivity contribution in [1.82, 2.24) is 4.90 Å². The Labute approximate surface area is 195 Å². The molecule has 5 nitrogen and oxygen atoms in total. The van der Waals surface area contributed by atoms with Gasteiger partial charge in [-0.25, -0.2) is 4.99 Å². The van der Waals surface area contributed by atoms with Crippen LogP contribution in [0.4, 0.5) is 11.4 Å². The van der Waals surface area contributed by atoms with Gasteiger partial charge in [0.2, 0.25) is 0 Å². The van der Waals surface area contributed by atoms with Gasteiger partial charge in [-0.05, 0) is 35.3 Å². The quantitative estimate of drug-likeness (QED) is 0.353. The molecule has 0 aliphatic carbocycles. The molecule has 3 aromatic carbocycles. The van der Waals surface area contributed by atoms with Crippen molar-refractivity contribution in [1.29, 1.82) is 0 Å². The highest BCUT2D eigenvalue weighted by Crippen LogP contribution is 2.51. The van der Waals surface area contributed by atoms with Gasteiger partial charge in [-0.3, -0.25) is 9.69 Å². The Morgan fingerprint density at radius 2 is 1.91 bits per heavy atom. The predicted octanol–water partition coefficient (Wildman–Crippen LogP) is 6.01. The van der Waals surface area contributed by atoms with Crippen molar-refractivity contribution in [2.24, 2.45) is 4.99 Å². The van der Waals surface area contributed by atoms with Crippen molar-refractivity contribution in [3.8, 4) is 5.75 Å². The van der Waals surface area contributed by atoms with E-state index in [2.05, 4.69) is 29.7 Å². The molecule has 7 heteroatoms. The minimum Gasteiger partial charge on any atom is -0.497 e. The number of benzene rings is 3. The summed E-state index contributed by atoms with van der Waals surface area (Å²) in [5.41, 5.74) is 1.87. The third kappa shape index (κ3) is 3.47. The topological polar surface area (TPSA) is 45.1 Å². The molecule has 0 spiro atoms. The maximum atomic E-state index is 13.4. The van der Waals surface area contributed by atoms with Crippen LogP contribution >= 0.6 is 23.5 Å². The summed E-state index contributed by atoms with van der Waals surface area (Å²) in [5, 5.41) is 3.74. The van der Waals surface area contributed by atoms with Crippen molar-refractivity contribution in [2.75, 3.05) is 25.6 Å². The van der Waals surface area contributed by atoms with Gasteiger partial charge in [0, 0.05) is 29.9 Å². The first-order valence-corrected chi connectivity index (χ1v) is 11.7. The molecule has 0 atom stereocenters. The van der Waals surface area contributed by atoms with Crippen LogP contribution < -0.4 is 9.64 Å². The Bertz CT molecular complexity index is 1310. The zero-order chi connectivity index (χ0) is 22.2. The lowest BCUT2D eigenvalue weighted by Crippen LogP contribution is -2.29. The van der Waals surface area contributed by atoms with E-state index in [-0.39, 0.29) is 5.91 Å². The fourth-order valence-electron chi connectivity index (χ4n) is 3.77. The number of amidine groups is 1. The third-order valence-corrected chi connectivity index (χ3v) is 7.82. The van der Waals surface area contributed by atoms with Crippen LogP contribution in [0, 0.1) is 0 Å². The summed E-state index contributed by atoms with van der Waals surface area (Å²) in [7, 11) is 3.63. The molecule has 0 unspecified atom stereocenters. The maximum absolute atomic E-state index is 13.4. The van der Waals surface area contributed by atoms with Crippen LogP contribution in [0.1, 0.15) is 0 Å². The lowest BCUT2D eigenvalue weighted by molar-refractivity contribution is -0.121. The van der Waals surface area contributed by atoms with E-state index in [1.807, 2.05) is 49.5 Å². The zero-order valence-electron chi connectivity index (χ0n) is 17.7. The van der Waals surface area contributed by atoms with Gasteiger partial charge in [-0.15, -0.1) is 6.58 Å². The highest BCUT2D eigenvalue weighted by Gasteiger charge is 2.38. The van der Waals surface area contributed by atoms with Crippen LogP contribution in [0.2, 0.25) is 0 Å². The van der Waals surface area contributed by atoms with E-state index in [0.717, 1.165) is 37.8 Å². The number of ether oxygens (including phenoxy) is 1. The number of thioether (sulfide) groups is 2. The van der Waals surface area contributed by atoms with E-state index in [1.165, 1.54) is 11.8 Å². The molecule has 0 saturated carbocycles. The molecule has 2 aliphatic rings. The second-order valence-corrected chi connectivity index (χ2v) is 9.34. The van der Waals surface area contributed by atoms with Gasteiger partial charge in [-0.1, -0.05) is 54.2 Å². The SMILES string of the molecule is C=CCN1C(=O)C(=C2Sc3ccc(OC)cc3N2C)SC1=Nc1cccc2ccccc12. The van der Waals surface area contributed by atoms with E-state index in [1.54, 1.807) is 29.8 Å². The number of aliphatic imine (C=N–C) groups is 1. The molecule has 160 valence electrons. The molecule has 1 amide bonds. The summed E-state index contributed by atoms with van der Waals surface area (Å²) in [6.07, 6.45) is 1.73. The molecule has 2 heterocycles. The highest BCUT2D eigenvalue weighted by molar-refractivity contribution is 8.19. The fourth-order valence-corrected chi connectivity index (χ4v) is 6.10. The average molecular weight is 460 g/mol. The fraction of sp³-hybridized carbons (Fsp3) is 0.120. The average Bonchev–Trinajstić information content (AvgIpc) is 3.30. The van der Waals surface area contributed by atoms with Gasteiger partial charge in [0.15, 0.2) is 5.17 Å². The lowest BCUT2D eigenvalue weighted by Gasteiger charge is -2.16. The Morgan fingerprint density at radius 1 is 1.09 bits per heavy atom. The second-order valence-electron chi connectivity index (χ2n) is 7.33. The number of rotatable bonds is 4. The van der Waals surface area contributed by atoms with Crippen LogP contribution in [0.15, 0.2) is 93.1 Å². The number of nitrogens with zero attached hydrogens (tertiary/aromatic N) is 3. The first-order chi connectivity index (χ1) is 15.6. The molecule has 0 aromatic heterocycles. The number of carbonyl (C=O) groups excluding carboxylic acids is 1. The summed E-state index contributed by atoms with van der Waals surface area (Å²) in [6, 6.07) is 20.1. The number of hydrogen-bond donors (Lipinski definition) is 0. The summed E-state index contributed by atoms with van der Waals surface area (Å²) in [4.78, 5) is 23.9. The van der Waals surface area contributed by atoms with Gasteiger partial charge in [0.25, 0.3) is 5.91 Å². The van der Waals surface area contributed by atoms with Gasteiger partial charge in [0.1, 0.15) is 10.7 Å². The Morgan fingerprint density at radius 3 is 2.72 bits per heavy atom. The predicted molar refractivity (Wildman–Crippen MR) is 135 cm³/mol. The van der Waals surface area contributed by atoms with Crippen LogP contribution in [0.3, 0.4) is 0 Å². The summed E-state index contributed by atoms with van der Waals surface area (Å²) >= 11 is 3.01. The zero-order valence-corrected chi connectivity index (χ0v) is 19.4. The first-order valence-electron chi connectivity index (χ1n) is 10.1. The van der Waals surface area contributed by atoms with Gasteiger partial charge >= 0.3 is 0 Å². The van der Waals surface area contributed by atoms with Crippen LogP contribution in [-0.4, -0.2) is 36.7 Å². The molecule has 5 rings (SSSR count). The summed E-state index contributed by atoms with van der Waals surface area (Å²) in [6.45, 7) is 4.24. The van der Waals surface area contributed by atoms with Crippen molar-refractivity contribution in [2.45, 2.75) is 4.90 Å². The molecular weight excluding hydrogens is 438 g/mol. The Balaban J connectivity index is 1.57. The molecule has 32 heavy (non-hydrogen) atoms. The largest absolute Gasteiger partial charge is 0.497 e. The summed E-state index contributed by atoms with van der Waals surface area (Å²) in [5.74, 6) is 0.738. The van der Waals surface area contributed by atoms with Crippen molar-refractivity contribution in [3.63, 3.8) is 0 Å². The van der Waals surface area contributed by atoms with E-state index < -0.39 is 0 Å². The van der Waals surface area contributed by atoms with Gasteiger partial charge < -0.3 is 9.64 Å². The molecule has 0 N–H and O–H groups in total. The number of amides is 1. The molecule has 1 saturated heterocycles. The minimum absolute atomic E-state index is 0.0528. The number of fused-ring (bicyclic) bond motifs is 2. The Hall–Kier alpha value is -3.16. The molecule has 1 fully saturated rings. The van der Waals surface area contributed by atoms with Crippen molar-refractivity contribution >= 4 is 56.7 Å². The van der Waals surface area contributed by atoms with E-state index in [4.69, 9.17) is 9.73 Å². The molecule has 0 radical (unpaired) electrons. The van der Waals surface area contributed by atoms with E-state index in [9.17, 15) is 4.79 Å². The second kappa shape index (κ2) is 8.41. The lowest BCUT2D eigenvalue weighted by atomic mass is 10.1. The van der Waals surface area contributed by atoms with Crippen LogP contribution in [-0.2, 0) is 4.79 Å². The van der Waals surface area contributed by atoms with Crippen molar-refractivity contribution in [3.05, 3.63) is 83.3 Å². The van der Waals surface area contributed by atoms with Crippen molar-refractivity contribution < 1.29 is 9.53 Å². The standard InChI is InChI=1S/C25H21N3O2S2/c1-4-14-28-23(29)22(24-27(2)20-15-17(30-3)12-13-21(20)31-24)32-25(28)26-19-11-7-9-16-8-5-6-10-18(16)19/h4-13,15H,1,14H2,2-3H3. The monoisotopic (exact) mass is 459 g/mol.